The van der Waals surface area contributed by atoms with Gasteiger partial charge in [-0.3, -0.25) is 4.79 Å². The first kappa shape index (κ1) is 14.7. The molecule has 1 aliphatic rings. The molecular weight excluding hydrogens is 289 g/mol. The molecule has 0 aromatic heterocycles. The fourth-order valence-electron chi connectivity index (χ4n) is 1.77. The summed E-state index contributed by atoms with van der Waals surface area (Å²) in [6.07, 6.45) is 0.818. The molecule has 1 fully saturated rings. The molecule has 7 heteroatoms. The summed E-state index contributed by atoms with van der Waals surface area (Å²) in [5, 5.41) is 2.50. The molecule has 0 spiro atoms. The number of benzene rings is 1. The summed E-state index contributed by atoms with van der Waals surface area (Å²) in [5.41, 5.74) is 0.256. The van der Waals surface area contributed by atoms with Gasteiger partial charge in [-0.25, -0.2) is 9.18 Å². The summed E-state index contributed by atoms with van der Waals surface area (Å²) in [6.45, 7) is 0.0869. The minimum absolute atomic E-state index is 0.0730. The summed E-state index contributed by atoms with van der Waals surface area (Å²) in [7, 11) is 0. The standard InChI is InChI=1S/C13H13ClFNO4/c14-9-6-8(15)3-4-10(9)16-12(17)7-20-13(18)11-2-1-5-19-11/h3-4,6,11H,1-2,5,7H2,(H,16,17)/t11-/m1/s1. The van der Waals surface area contributed by atoms with E-state index in [1.165, 1.54) is 12.1 Å². The van der Waals surface area contributed by atoms with E-state index < -0.39 is 30.4 Å². The van der Waals surface area contributed by atoms with E-state index in [0.29, 0.717) is 13.0 Å². The van der Waals surface area contributed by atoms with Crippen molar-refractivity contribution in [1.29, 1.82) is 0 Å². The van der Waals surface area contributed by atoms with Crippen molar-refractivity contribution in [2.75, 3.05) is 18.5 Å². The Morgan fingerprint density at radius 1 is 1.50 bits per heavy atom. The van der Waals surface area contributed by atoms with Gasteiger partial charge in [-0.2, -0.15) is 0 Å². The number of ether oxygens (including phenoxy) is 2. The van der Waals surface area contributed by atoms with Gasteiger partial charge in [-0.15, -0.1) is 0 Å². The zero-order valence-corrected chi connectivity index (χ0v) is 11.3. The molecule has 1 saturated heterocycles. The Labute approximate surface area is 120 Å². The van der Waals surface area contributed by atoms with Gasteiger partial charge in [-0.05, 0) is 31.0 Å². The van der Waals surface area contributed by atoms with Crippen LogP contribution in [0.1, 0.15) is 12.8 Å². The summed E-state index contributed by atoms with van der Waals surface area (Å²) < 4.78 is 22.8. The van der Waals surface area contributed by atoms with Crippen LogP contribution in [0.5, 0.6) is 0 Å². The molecule has 0 bridgehead atoms. The van der Waals surface area contributed by atoms with Crippen LogP contribution in [0.3, 0.4) is 0 Å². The van der Waals surface area contributed by atoms with Gasteiger partial charge in [0.05, 0.1) is 10.7 Å². The highest BCUT2D eigenvalue weighted by Gasteiger charge is 2.25. The predicted octanol–water partition coefficient (Wildman–Crippen LogP) is 2.14. The highest BCUT2D eigenvalue weighted by atomic mass is 35.5. The second-order valence-electron chi connectivity index (χ2n) is 4.28. The molecule has 0 saturated carbocycles. The molecule has 108 valence electrons. The van der Waals surface area contributed by atoms with Gasteiger partial charge in [0, 0.05) is 6.61 Å². The molecule has 0 unspecified atom stereocenters. The van der Waals surface area contributed by atoms with E-state index in [9.17, 15) is 14.0 Å². The van der Waals surface area contributed by atoms with Crippen LogP contribution in [0.15, 0.2) is 18.2 Å². The Morgan fingerprint density at radius 3 is 2.95 bits per heavy atom. The maximum absolute atomic E-state index is 12.8. The van der Waals surface area contributed by atoms with Gasteiger partial charge in [0.1, 0.15) is 5.82 Å². The Morgan fingerprint density at radius 2 is 2.30 bits per heavy atom. The van der Waals surface area contributed by atoms with E-state index in [-0.39, 0.29) is 10.7 Å². The first-order valence-electron chi connectivity index (χ1n) is 6.09. The lowest BCUT2D eigenvalue weighted by Gasteiger charge is -2.10. The summed E-state index contributed by atoms with van der Waals surface area (Å²) in [6, 6.07) is 3.58. The molecule has 1 amide bonds. The fourth-order valence-corrected chi connectivity index (χ4v) is 1.98. The molecule has 1 aliphatic heterocycles. The Bertz CT molecular complexity index is 517. The van der Waals surface area contributed by atoms with E-state index in [2.05, 4.69) is 5.32 Å². The van der Waals surface area contributed by atoms with Gasteiger partial charge >= 0.3 is 5.97 Å². The average Bonchev–Trinajstić information content (AvgIpc) is 2.93. The largest absolute Gasteiger partial charge is 0.454 e. The minimum Gasteiger partial charge on any atom is -0.454 e. The molecule has 0 radical (unpaired) electrons. The normalized spacial score (nSPS) is 17.8. The molecule has 2 rings (SSSR count). The number of hydrogen-bond donors (Lipinski definition) is 1. The van der Waals surface area contributed by atoms with Gasteiger partial charge < -0.3 is 14.8 Å². The molecule has 5 nitrogen and oxygen atoms in total. The Kier molecular flexibility index (Phi) is 4.92. The number of hydrogen-bond acceptors (Lipinski definition) is 4. The third kappa shape index (κ3) is 3.91. The first-order chi connectivity index (χ1) is 9.56. The third-order valence-electron chi connectivity index (χ3n) is 2.74. The number of halogens is 2. The van der Waals surface area contributed by atoms with Crippen LogP contribution in [0.2, 0.25) is 5.02 Å². The van der Waals surface area contributed by atoms with Crippen LogP contribution in [0.4, 0.5) is 10.1 Å². The van der Waals surface area contributed by atoms with Crippen LogP contribution in [0.25, 0.3) is 0 Å². The first-order valence-corrected chi connectivity index (χ1v) is 6.47. The van der Waals surface area contributed by atoms with Crippen molar-refractivity contribution in [3.63, 3.8) is 0 Å². The number of carbonyl (C=O) groups is 2. The number of anilines is 1. The second-order valence-corrected chi connectivity index (χ2v) is 4.69. The number of amides is 1. The summed E-state index contributed by atoms with van der Waals surface area (Å²) in [5.74, 6) is -1.61. The number of esters is 1. The molecule has 1 aromatic rings. The lowest BCUT2D eigenvalue weighted by Crippen LogP contribution is -2.27. The monoisotopic (exact) mass is 301 g/mol. The molecule has 1 atom stereocenters. The molecule has 1 aromatic carbocycles. The quantitative estimate of drug-likeness (QED) is 0.865. The topological polar surface area (TPSA) is 64.6 Å². The van der Waals surface area contributed by atoms with Crippen LogP contribution in [-0.2, 0) is 19.1 Å². The lowest BCUT2D eigenvalue weighted by atomic mass is 10.2. The fraction of sp³-hybridized carbons (Fsp3) is 0.385. The van der Waals surface area contributed by atoms with Crippen molar-refractivity contribution in [1.82, 2.24) is 0 Å². The van der Waals surface area contributed by atoms with Gasteiger partial charge in [0.15, 0.2) is 12.7 Å². The zero-order chi connectivity index (χ0) is 14.5. The van der Waals surface area contributed by atoms with E-state index in [1.54, 1.807) is 0 Å². The summed E-state index contributed by atoms with van der Waals surface area (Å²) in [4.78, 5) is 23.1. The highest BCUT2D eigenvalue weighted by molar-refractivity contribution is 6.33. The Hall–Kier alpha value is -1.66. The van der Waals surface area contributed by atoms with Gasteiger partial charge in [0.2, 0.25) is 0 Å². The van der Waals surface area contributed by atoms with Crippen LogP contribution in [0, 0.1) is 5.82 Å². The van der Waals surface area contributed by atoms with Crippen molar-refractivity contribution in [3.8, 4) is 0 Å². The van der Waals surface area contributed by atoms with Crippen molar-refractivity contribution in [2.45, 2.75) is 18.9 Å². The van der Waals surface area contributed by atoms with Crippen molar-refractivity contribution in [2.24, 2.45) is 0 Å². The lowest BCUT2D eigenvalue weighted by molar-refractivity contribution is -0.156. The van der Waals surface area contributed by atoms with E-state index in [4.69, 9.17) is 21.1 Å². The molecule has 0 aliphatic carbocycles. The highest BCUT2D eigenvalue weighted by Crippen LogP contribution is 2.22. The van der Waals surface area contributed by atoms with Crippen molar-refractivity contribution < 1.29 is 23.5 Å². The van der Waals surface area contributed by atoms with Gasteiger partial charge in [0.25, 0.3) is 5.91 Å². The molecular formula is C13H13ClFNO4. The number of nitrogens with one attached hydrogen (secondary N) is 1. The average molecular weight is 302 g/mol. The maximum atomic E-state index is 12.8. The van der Waals surface area contributed by atoms with Crippen molar-refractivity contribution >= 4 is 29.2 Å². The smallest absolute Gasteiger partial charge is 0.335 e. The summed E-state index contributed by atoms with van der Waals surface area (Å²) >= 11 is 5.76. The van der Waals surface area contributed by atoms with Crippen LogP contribution >= 0.6 is 11.6 Å². The molecule has 1 N–H and O–H groups in total. The minimum atomic E-state index is -0.586. The van der Waals surface area contributed by atoms with Crippen molar-refractivity contribution in [3.05, 3.63) is 29.0 Å². The maximum Gasteiger partial charge on any atom is 0.335 e. The zero-order valence-electron chi connectivity index (χ0n) is 10.5. The Balaban J connectivity index is 1.81. The van der Waals surface area contributed by atoms with E-state index in [0.717, 1.165) is 12.5 Å². The van der Waals surface area contributed by atoms with Crippen LogP contribution < -0.4 is 5.32 Å². The second kappa shape index (κ2) is 6.67. The number of rotatable bonds is 4. The van der Waals surface area contributed by atoms with Gasteiger partial charge in [-0.1, -0.05) is 11.6 Å². The van der Waals surface area contributed by atoms with E-state index >= 15 is 0 Å². The molecule has 20 heavy (non-hydrogen) atoms. The molecule has 1 heterocycles. The SMILES string of the molecule is O=C(COC(=O)[C@H]1CCCO1)Nc1ccc(F)cc1Cl. The van der Waals surface area contributed by atoms with E-state index in [1.807, 2.05) is 0 Å². The van der Waals surface area contributed by atoms with Crippen LogP contribution in [-0.4, -0.2) is 31.2 Å². The predicted molar refractivity (Wildman–Crippen MR) is 70.0 cm³/mol. The third-order valence-corrected chi connectivity index (χ3v) is 3.06. The number of carbonyl (C=O) groups excluding carboxylic acids is 2.